The minimum Gasteiger partial charge on any atom is -0.361 e. The Morgan fingerprint density at radius 3 is 2.43 bits per heavy atom. The highest BCUT2D eigenvalue weighted by Crippen LogP contribution is 2.19. The molecule has 0 aliphatic heterocycles. The lowest BCUT2D eigenvalue weighted by atomic mass is 9.91. The van der Waals surface area contributed by atoms with Crippen LogP contribution in [0.15, 0.2) is 10.6 Å². The summed E-state index contributed by atoms with van der Waals surface area (Å²) in [4.78, 5) is 23.4. The molecule has 116 valence electrons. The molecule has 1 aliphatic rings. The average Bonchev–Trinajstić information content (AvgIpc) is 2.88. The van der Waals surface area contributed by atoms with Gasteiger partial charge in [-0.05, 0) is 32.6 Å². The molecule has 1 aromatic rings. The fourth-order valence-corrected chi connectivity index (χ4v) is 2.55. The summed E-state index contributed by atoms with van der Waals surface area (Å²) >= 11 is 0. The third kappa shape index (κ3) is 4.56. The lowest BCUT2D eigenvalue weighted by molar-refractivity contribution is -0.121. The average molecular weight is 294 g/mol. The zero-order chi connectivity index (χ0) is 15.2. The molecule has 0 bridgehead atoms. The third-order valence-electron chi connectivity index (χ3n) is 3.66. The molecule has 0 saturated heterocycles. The first-order valence-electron chi connectivity index (χ1n) is 7.32. The zero-order valence-corrected chi connectivity index (χ0v) is 12.2. The van der Waals surface area contributed by atoms with Crippen LogP contribution in [0, 0.1) is 6.92 Å². The second kappa shape index (κ2) is 7.21. The molecule has 1 aliphatic carbocycles. The molecule has 0 radical (unpaired) electrons. The Morgan fingerprint density at radius 2 is 1.90 bits per heavy atom. The van der Waals surface area contributed by atoms with Crippen LogP contribution in [0.1, 0.15) is 48.4 Å². The molecule has 0 unspecified atom stereocenters. The molecule has 2 amide bonds. The van der Waals surface area contributed by atoms with Gasteiger partial charge in [-0.2, -0.15) is 0 Å². The number of aryl methyl sites for hydroxylation is 1. The maximum Gasteiger partial charge on any atom is 0.273 e. The second-order valence-electron chi connectivity index (χ2n) is 5.45. The van der Waals surface area contributed by atoms with Crippen LogP contribution >= 0.6 is 0 Å². The van der Waals surface area contributed by atoms with Crippen molar-refractivity contribution in [3.05, 3.63) is 17.5 Å². The SMILES string of the molecule is Cc1cc(C(=O)NC2CCC(NC(=O)CCN)CC2)no1. The van der Waals surface area contributed by atoms with Crippen molar-refractivity contribution < 1.29 is 14.1 Å². The predicted octanol–water partition coefficient (Wildman–Crippen LogP) is 0.489. The van der Waals surface area contributed by atoms with E-state index in [-0.39, 0.29) is 23.9 Å². The number of hydrogen-bond donors (Lipinski definition) is 3. The van der Waals surface area contributed by atoms with Gasteiger partial charge in [0.2, 0.25) is 5.91 Å². The number of rotatable bonds is 5. The first kappa shape index (κ1) is 15.5. The monoisotopic (exact) mass is 294 g/mol. The summed E-state index contributed by atoms with van der Waals surface area (Å²) in [6.45, 7) is 2.12. The minimum atomic E-state index is -0.206. The number of carbonyl (C=O) groups is 2. The molecule has 1 aromatic heterocycles. The quantitative estimate of drug-likeness (QED) is 0.732. The smallest absolute Gasteiger partial charge is 0.273 e. The molecule has 1 heterocycles. The van der Waals surface area contributed by atoms with Gasteiger partial charge in [0.05, 0.1) is 0 Å². The second-order valence-corrected chi connectivity index (χ2v) is 5.45. The lowest BCUT2D eigenvalue weighted by Gasteiger charge is -2.29. The molecule has 7 heteroatoms. The normalized spacial score (nSPS) is 21.8. The van der Waals surface area contributed by atoms with Crippen molar-refractivity contribution in [3.8, 4) is 0 Å². The van der Waals surface area contributed by atoms with Crippen LogP contribution in [0.25, 0.3) is 0 Å². The van der Waals surface area contributed by atoms with E-state index >= 15 is 0 Å². The zero-order valence-electron chi connectivity index (χ0n) is 12.2. The largest absolute Gasteiger partial charge is 0.361 e. The Kier molecular flexibility index (Phi) is 5.32. The number of carbonyl (C=O) groups excluding carboxylic acids is 2. The van der Waals surface area contributed by atoms with Crippen molar-refractivity contribution in [1.29, 1.82) is 0 Å². The number of amides is 2. The fourth-order valence-electron chi connectivity index (χ4n) is 2.55. The number of hydrogen-bond acceptors (Lipinski definition) is 5. The first-order chi connectivity index (χ1) is 10.1. The van der Waals surface area contributed by atoms with E-state index in [1.54, 1.807) is 13.0 Å². The van der Waals surface area contributed by atoms with Crippen LogP contribution < -0.4 is 16.4 Å². The Morgan fingerprint density at radius 1 is 1.29 bits per heavy atom. The van der Waals surface area contributed by atoms with Crippen LogP contribution in [0.4, 0.5) is 0 Å². The summed E-state index contributed by atoms with van der Waals surface area (Å²) in [7, 11) is 0. The van der Waals surface area contributed by atoms with Crippen LogP contribution in [0.2, 0.25) is 0 Å². The highest BCUT2D eigenvalue weighted by Gasteiger charge is 2.24. The number of nitrogens with two attached hydrogens (primary N) is 1. The van der Waals surface area contributed by atoms with E-state index in [0.29, 0.717) is 24.4 Å². The fraction of sp³-hybridized carbons (Fsp3) is 0.643. The maximum atomic E-state index is 12.0. The van der Waals surface area contributed by atoms with E-state index < -0.39 is 0 Å². The summed E-state index contributed by atoms with van der Waals surface area (Å²) in [5.41, 5.74) is 5.66. The van der Waals surface area contributed by atoms with Gasteiger partial charge in [0.1, 0.15) is 5.76 Å². The van der Waals surface area contributed by atoms with Crippen molar-refractivity contribution in [2.24, 2.45) is 5.73 Å². The van der Waals surface area contributed by atoms with E-state index in [9.17, 15) is 9.59 Å². The van der Waals surface area contributed by atoms with Gasteiger partial charge in [-0.3, -0.25) is 9.59 Å². The van der Waals surface area contributed by atoms with E-state index in [1.807, 2.05) is 0 Å². The molecule has 0 atom stereocenters. The number of nitrogens with zero attached hydrogens (tertiary/aromatic N) is 1. The van der Waals surface area contributed by atoms with Gasteiger partial charge in [-0.25, -0.2) is 0 Å². The summed E-state index contributed by atoms with van der Waals surface area (Å²) < 4.78 is 4.89. The van der Waals surface area contributed by atoms with Gasteiger partial charge in [0, 0.05) is 31.1 Å². The molecule has 4 N–H and O–H groups in total. The van der Waals surface area contributed by atoms with E-state index in [0.717, 1.165) is 25.7 Å². The van der Waals surface area contributed by atoms with Gasteiger partial charge < -0.3 is 20.9 Å². The molecule has 2 rings (SSSR count). The van der Waals surface area contributed by atoms with Crippen molar-refractivity contribution in [2.75, 3.05) is 6.54 Å². The molecule has 1 saturated carbocycles. The highest BCUT2D eigenvalue weighted by molar-refractivity contribution is 5.92. The summed E-state index contributed by atoms with van der Waals surface area (Å²) in [6.07, 6.45) is 3.77. The minimum absolute atomic E-state index is 0.00283. The summed E-state index contributed by atoms with van der Waals surface area (Å²) in [5.74, 6) is 0.414. The molecule has 0 aromatic carbocycles. The molecule has 1 fully saturated rings. The van der Waals surface area contributed by atoms with E-state index in [4.69, 9.17) is 10.3 Å². The summed E-state index contributed by atoms with van der Waals surface area (Å²) in [6, 6.07) is 1.93. The Balaban J connectivity index is 1.74. The van der Waals surface area contributed by atoms with Crippen LogP contribution in [-0.2, 0) is 4.79 Å². The predicted molar refractivity (Wildman–Crippen MR) is 76.6 cm³/mol. The number of aromatic nitrogens is 1. The van der Waals surface area contributed by atoms with Crippen molar-refractivity contribution >= 4 is 11.8 Å². The highest BCUT2D eigenvalue weighted by atomic mass is 16.5. The van der Waals surface area contributed by atoms with Crippen LogP contribution in [0.3, 0.4) is 0 Å². The third-order valence-corrected chi connectivity index (χ3v) is 3.66. The standard InChI is InChI=1S/C14H22N4O3/c1-9-8-12(18-21-9)14(20)17-11-4-2-10(3-5-11)16-13(19)6-7-15/h8,10-11H,2-7,15H2,1H3,(H,16,19)(H,17,20). The van der Waals surface area contributed by atoms with Crippen molar-refractivity contribution in [2.45, 2.75) is 51.1 Å². The van der Waals surface area contributed by atoms with Crippen molar-refractivity contribution in [3.63, 3.8) is 0 Å². The lowest BCUT2D eigenvalue weighted by Crippen LogP contribution is -2.44. The number of nitrogens with one attached hydrogen (secondary N) is 2. The Bertz CT molecular complexity index is 492. The van der Waals surface area contributed by atoms with Gasteiger partial charge in [0.25, 0.3) is 5.91 Å². The first-order valence-corrected chi connectivity index (χ1v) is 7.32. The molecule has 7 nitrogen and oxygen atoms in total. The molecule has 21 heavy (non-hydrogen) atoms. The Hall–Kier alpha value is -1.89. The van der Waals surface area contributed by atoms with Gasteiger partial charge in [0.15, 0.2) is 5.69 Å². The maximum absolute atomic E-state index is 12.0. The van der Waals surface area contributed by atoms with Crippen molar-refractivity contribution in [1.82, 2.24) is 15.8 Å². The van der Waals surface area contributed by atoms with Gasteiger partial charge in [-0.15, -0.1) is 0 Å². The Labute approximate surface area is 123 Å². The van der Waals surface area contributed by atoms with Gasteiger partial charge >= 0.3 is 0 Å². The van der Waals surface area contributed by atoms with Gasteiger partial charge in [-0.1, -0.05) is 5.16 Å². The summed E-state index contributed by atoms with van der Waals surface area (Å²) in [5, 5.41) is 9.62. The molecular formula is C14H22N4O3. The van der Waals surface area contributed by atoms with Crippen LogP contribution in [-0.4, -0.2) is 35.6 Å². The van der Waals surface area contributed by atoms with Crippen LogP contribution in [0.5, 0.6) is 0 Å². The molecule has 0 spiro atoms. The van der Waals surface area contributed by atoms with E-state index in [1.165, 1.54) is 0 Å². The molecular weight excluding hydrogens is 272 g/mol. The van der Waals surface area contributed by atoms with E-state index in [2.05, 4.69) is 15.8 Å². The topological polar surface area (TPSA) is 110 Å².